The monoisotopic (exact) mass is 694 g/mol. The van der Waals surface area contributed by atoms with Crippen molar-refractivity contribution in [2.24, 2.45) is 11.8 Å². The van der Waals surface area contributed by atoms with Crippen molar-refractivity contribution in [1.82, 2.24) is 21.7 Å². The van der Waals surface area contributed by atoms with E-state index >= 15 is 0 Å². The maximum Gasteiger partial charge on any atom is 0.273 e. The van der Waals surface area contributed by atoms with Crippen LogP contribution in [0.3, 0.4) is 0 Å². The molecule has 2 unspecified atom stereocenters. The Kier molecular flexibility index (Phi) is 20.3. The van der Waals surface area contributed by atoms with Gasteiger partial charge in [-0.2, -0.15) is 0 Å². The first-order chi connectivity index (χ1) is 24.2. The van der Waals surface area contributed by atoms with Gasteiger partial charge in [0.25, 0.3) is 11.8 Å². The summed E-state index contributed by atoms with van der Waals surface area (Å²) in [5.74, 6) is -2.75. The van der Waals surface area contributed by atoms with Gasteiger partial charge >= 0.3 is 0 Å². The van der Waals surface area contributed by atoms with E-state index in [0.717, 1.165) is 68.9 Å². The van der Waals surface area contributed by atoms with Gasteiger partial charge in [0.05, 0.1) is 11.1 Å². The highest BCUT2D eigenvalue weighted by molar-refractivity contribution is 6.00. The summed E-state index contributed by atoms with van der Waals surface area (Å²) in [6.45, 7) is 8.21. The number of hydrazine groups is 2. The highest BCUT2D eigenvalue weighted by Crippen LogP contribution is 2.25. The van der Waals surface area contributed by atoms with Gasteiger partial charge in [0.2, 0.25) is 11.8 Å². The summed E-state index contributed by atoms with van der Waals surface area (Å²) >= 11 is 0. The van der Waals surface area contributed by atoms with Gasteiger partial charge in [0.15, 0.2) is 0 Å². The number of aromatic hydroxyl groups is 2. The number of benzene rings is 2. The number of hydrogen-bond acceptors (Lipinski definition) is 6. The van der Waals surface area contributed by atoms with Crippen LogP contribution < -0.4 is 21.7 Å². The Labute approximate surface area is 299 Å². The van der Waals surface area contributed by atoms with Crippen LogP contribution in [0.2, 0.25) is 0 Å². The summed E-state index contributed by atoms with van der Waals surface area (Å²) in [6.07, 6.45) is 15.7. The summed E-state index contributed by atoms with van der Waals surface area (Å²) in [4.78, 5) is 52.3. The van der Waals surface area contributed by atoms with E-state index < -0.39 is 11.8 Å². The quantitative estimate of drug-likeness (QED) is 0.0512. The third-order valence-corrected chi connectivity index (χ3v) is 9.39. The van der Waals surface area contributed by atoms with E-state index in [0.29, 0.717) is 44.9 Å². The Morgan fingerprint density at radius 2 is 0.960 bits per heavy atom. The second-order valence-corrected chi connectivity index (χ2v) is 13.4. The van der Waals surface area contributed by atoms with E-state index in [1.165, 1.54) is 25.0 Å². The molecule has 10 heteroatoms. The third kappa shape index (κ3) is 14.4. The molecule has 0 saturated carbocycles. The molecule has 0 saturated heterocycles. The molecule has 0 fully saturated rings. The smallest absolute Gasteiger partial charge is 0.273 e. The molecule has 0 heterocycles. The number of carbonyl (C=O) groups is 4. The number of phenols is 2. The number of rotatable bonds is 23. The SMILES string of the molecule is CCCCCCCc1cccc(O)c1C(=O)NNC(=O)C(CC)CCCC(CCC)C(=O)NNC(=O)c1c(O)cccc1CCCCCCC. The van der Waals surface area contributed by atoms with Crippen molar-refractivity contribution in [3.63, 3.8) is 0 Å². The van der Waals surface area contributed by atoms with Crippen LogP contribution in [-0.2, 0) is 22.4 Å². The first kappa shape index (κ1) is 42.1. The van der Waals surface area contributed by atoms with Crippen molar-refractivity contribution in [3.05, 3.63) is 58.7 Å². The molecule has 0 bridgehead atoms. The minimum Gasteiger partial charge on any atom is -0.507 e. The fourth-order valence-corrected chi connectivity index (χ4v) is 6.40. The molecule has 50 heavy (non-hydrogen) atoms. The van der Waals surface area contributed by atoms with Crippen molar-refractivity contribution in [1.29, 1.82) is 0 Å². The van der Waals surface area contributed by atoms with Gasteiger partial charge in [0.1, 0.15) is 11.5 Å². The molecular formula is C40H62N4O6. The van der Waals surface area contributed by atoms with Gasteiger partial charge in [-0.25, -0.2) is 0 Å². The zero-order valence-corrected chi connectivity index (χ0v) is 30.9. The number of amides is 4. The molecular weight excluding hydrogens is 632 g/mol. The van der Waals surface area contributed by atoms with E-state index in [-0.39, 0.29) is 46.3 Å². The molecule has 6 N–H and O–H groups in total. The molecule has 0 radical (unpaired) electrons. The van der Waals surface area contributed by atoms with E-state index in [1.54, 1.807) is 12.1 Å². The number of phenolic OH excluding ortho intramolecular Hbond substituents is 2. The molecule has 0 aliphatic rings. The van der Waals surface area contributed by atoms with Gasteiger partial charge in [-0.3, -0.25) is 40.9 Å². The maximum absolute atomic E-state index is 13.1. The van der Waals surface area contributed by atoms with E-state index in [4.69, 9.17) is 0 Å². The molecule has 2 aromatic rings. The normalized spacial score (nSPS) is 12.2. The highest BCUT2D eigenvalue weighted by Gasteiger charge is 2.24. The van der Waals surface area contributed by atoms with Crippen LogP contribution in [-0.4, -0.2) is 33.8 Å². The van der Waals surface area contributed by atoms with Crippen LogP contribution in [0.5, 0.6) is 11.5 Å². The molecule has 2 rings (SSSR count). The summed E-state index contributed by atoms with van der Waals surface area (Å²) in [5, 5.41) is 20.9. The van der Waals surface area contributed by atoms with Crippen molar-refractivity contribution < 1.29 is 29.4 Å². The number of aryl methyl sites for hydroxylation is 2. The van der Waals surface area contributed by atoms with Crippen LogP contribution >= 0.6 is 0 Å². The number of nitrogens with one attached hydrogen (secondary N) is 4. The van der Waals surface area contributed by atoms with Crippen molar-refractivity contribution in [2.45, 2.75) is 143 Å². The van der Waals surface area contributed by atoms with Crippen molar-refractivity contribution in [3.8, 4) is 11.5 Å². The zero-order chi connectivity index (χ0) is 36.7. The zero-order valence-electron chi connectivity index (χ0n) is 30.9. The number of carbonyl (C=O) groups excluding carboxylic acids is 4. The van der Waals surface area contributed by atoms with Gasteiger partial charge < -0.3 is 10.2 Å². The van der Waals surface area contributed by atoms with E-state index in [9.17, 15) is 29.4 Å². The average Bonchev–Trinajstić information content (AvgIpc) is 3.10. The molecule has 0 aliphatic heterocycles. The van der Waals surface area contributed by atoms with Gasteiger partial charge in [-0.15, -0.1) is 0 Å². The summed E-state index contributed by atoms with van der Waals surface area (Å²) in [7, 11) is 0. The first-order valence-corrected chi connectivity index (χ1v) is 19.0. The van der Waals surface area contributed by atoms with Crippen LogP contribution in [0.15, 0.2) is 36.4 Å². The lowest BCUT2D eigenvalue weighted by Gasteiger charge is -2.19. The molecule has 0 aliphatic carbocycles. The lowest BCUT2D eigenvalue weighted by molar-refractivity contribution is -0.126. The molecule has 0 spiro atoms. The Balaban J connectivity index is 1.89. The van der Waals surface area contributed by atoms with Gasteiger partial charge in [-0.1, -0.05) is 116 Å². The van der Waals surface area contributed by atoms with E-state index in [2.05, 4.69) is 35.6 Å². The van der Waals surface area contributed by atoms with Crippen LogP contribution in [0.1, 0.15) is 162 Å². The largest absolute Gasteiger partial charge is 0.507 e. The Hall–Kier alpha value is -4.08. The summed E-state index contributed by atoms with van der Waals surface area (Å²) in [6, 6.07) is 10.1. The Bertz CT molecular complexity index is 1350. The average molecular weight is 695 g/mol. The molecule has 0 aromatic heterocycles. The molecule has 4 amide bonds. The predicted molar refractivity (Wildman–Crippen MR) is 198 cm³/mol. The maximum atomic E-state index is 13.1. The number of hydrogen-bond donors (Lipinski definition) is 6. The second kappa shape index (κ2) is 24.1. The molecule has 278 valence electrons. The second-order valence-electron chi connectivity index (χ2n) is 13.4. The molecule has 2 aromatic carbocycles. The summed E-state index contributed by atoms with van der Waals surface area (Å²) in [5.41, 5.74) is 11.9. The lowest BCUT2D eigenvalue weighted by Crippen LogP contribution is -2.45. The first-order valence-electron chi connectivity index (χ1n) is 19.0. The third-order valence-electron chi connectivity index (χ3n) is 9.39. The van der Waals surface area contributed by atoms with Crippen LogP contribution in [0.25, 0.3) is 0 Å². The molecule has 10 nitrogen and oxygen atoms in total. The van der Waals surface area contributed by atoms with Crippen molar-refractivity contribution in [2.75, 3.05) is 0 Å². The Morgan fingerprint density at radius 3 is 1.40 bits per heavy atom. The summed E-state index contributed by atoms with van der Waals surface area (Å²) < 4.78 is 0. The number of unbranched alkanes of at least 4 members (excludes halogenated alkanes) is 8. The predicted octanol–water partition coefficient (Wildman–Crippen LogP) is 7.96. The van der Waals surface area contributed by atoms with Gasteiger partial charge in [0, 0.05) is 11.8 Å². The standard InChI is InChI=1S/C40H62N4O6/c1-5-9-11-13-15-21-30-24-18-27-33(45)35(30)39(49)43-41-37(47)29(8-4)23-17-26-32(20-7-3)38(48)42-44-40(50)36-31(25-19-28-34(36)46)22-16-14-12-10-6-2/h18-19,24-25,27-29,32,45-46H,5-17,20-23,26H2,1-4H3,(H,41,47)(H,42,48)(H,43,49)(H,44,50). The van der Waals surface area contributed by atoms with Crippen LogP contribution in [0.4, 0.5) is 0 Å². The minimum absolute atomic E-state index is 0.119. The fourth-order valence-electron chi connectivity index (χ4n) is 6.40. The van der Waals surface area contributed by atoms with Crippen LogP contribution in [0, 0.1) is 11.8 Å². The molecule has 2 atom stereocenters. The van der Waals surface area contributed by atoms with E-state index in [1.807, 2.05) is 26.0 Å². The Morgan fingerprint density at radius 1 is 0.520 bits per heavy atom. The minimum atomic E-state index is -0.556. The van der Waals surface area contributed by atoms with Crippen molar-refractivity contribution >= 4 is 23.6 Å². The lowest BCUT2D eigenvalue weighted by atomic mass is 9.92. The topological polar surface area (TPSA) is 157 Å². The highest BCUT2D eigenvalue weighted by atomic mass is 16.3. The van der Waals surface area contributed by atoms with Gasteiger partial charge in [-0.05, 0) is 74.6 Å². The fraction of sp³-hybridized carbons (Fsp3) is 0.600.